The standard InChI is InChI=1S/C18H31NOS/c1-6-12-19-18(5,14-20)11-13-21-16-9-7-15(8-10-16)17(2,3)4/h7-10,19-20H,6,11-14H2,1-5H3. The monoisotopic (exact) mass is 309 g/mol. The van der Waals surface area contributed by atoms with E-state index in [4.69, 9.17) is 0 Å². The minimum absolute atomic E-state index is 0.158. The Labute approximate surface area is 134 Å². The van der Waals surface area contributed by atoms with E-state index < -0.39 is 0 Å². The molecule has 1 aromatic carbocycles. The molecule has 0 fully saturated rings. The summed E-state index contributed by atoms with van der Waals surface area (Å²) in [5, 5.41) is 13.0. The van der Waals surface area contributed by atoms with Crippen LogP contribution in [0, 0.1) is 0 Å². The van der Waals surface area contributed by atoms with Gasteiger partial charge in [0.05, 0.1) is 6.61 Å². The molecule has 0 aliphatic heterocycles. The van der Waals surface area contributed by atoms with E-state index in [2.05, 4.69) is 64.2 Å². The van der Waals surface area contributed by atoms with Crippen LogP contribution in [0.1, 0.15) is 53.0 Å². The lowest BCUT2D eigenvalue weighted by Crippen LogP contribution is -2.46. The molecule has 2 nitrogen and oxygen atoms in total. The van der Waals surface area contributed by atoms with Crippen LogP contribution in [-0.2, 0) is 5.41 Å². The number of benzene rings is 1. The van der Waals surface area contributed by atoms with Crippen LogP contribution in [0.2, 0.25) is 0 Å². The Balaban J connectivity index is 2.48. The third-order valence-corrected chi connectivity index (χ3v) is 4.81. The lowest BCUT2D eigenvalue weighted by atomic mass is 9.87. The molecular formula is C18H31NOS. The third kappa shape index (κ3) is 6.41. The molecule has 0 aliphatic carbocycles. The summed E-state index contributed by atoms with van der Waals surface area (Å²) >= 11 is 1.86. The first-order valence-electron chi connectivity index (χ1n) is 7.90. The zero-order valence-electron chi connectivity index (χ0n) is 14.2. The van der Waals surface area contributed by atoms with Crippen LogP contribution < -0.4 is 5.32 Å². The van der Waals surface area contributed by atoms with Crippen LogP contribution in [0.4, 0.5) is 0 Å². The van der Waals surface area contributed by atoms with Gasteiger partial charge in [-0.3, -0.25) is 0 Å². The normalized spacial score (nSPS) is 15.0. The van der Waals surface area contributed by atoms with Gasteiger partial charge in [0.1, 0.15) is 0 Å². The van der Waals surface area contributed by atoms with Gasteiger partial charge < -0.3 is 10.4 Å². The highest BCUT2D eigenvalue weighted by atomic mass is 32.2. The van der Waals surface area contributed by atoms with Gasteiger partial charge in [-0.05, 0) is 55.2 Å². The summed E-state index contributed by atoms with van der Waals surface area (Å²) in [6.07, 6.45) is 2.06. The summed E-state index contributed by atoms with van der Waals surface area (Å²) in [7, 11) is 0. The fraction of sp³-hybridized carbons (Fsp3) is 0.667. The predicted molar refractivity (Wildman–Crippen MR) is 94.3 cm³/mol. The van der Waals surface area contributed by atoms with Gasteiger partial charge in [0.2, 0.25) is 0 Å². The van der Waals surface area contributed by atoms with Crippen molar-refractivity contribution in [1.82, 2.24) is 5.32 Å². The van der Waals surface area contributed by atoms with Crippen molar-refractivity contribution >= 4 is 11.8 Å². The van der Waals surface area contributed by atoms with E-state index in [-0.39, 0.29) is 17.6 Å². The minimum atomic E-state index is -0.158. The Morgan fingerprint density at radius 3 is 2.19 bits per heavy atom. The van der Waals surface area contributed by atoms with Crippen molar-refractivity contribution in [2.24, 2.45) is 0 Å². The number of aliphatic hydroxyl groups is 1. The van der Waals surface area contributed by atoms with Crippen LogP contribution >= 0.6 is 11.8 Å². The van der Waals surface area contributed by atoms with Gasteiger partial charge in [-0.15, -0.1) is 11.8 Å². The van der Waals surface area contributed by atoms with Gasteiger partial charge in [-0.2, -0.15) is 0 Å². The summed E-state index contributed by atoms with van der Waals surface area (Å²) < 4.78 is 0. The van der Waals surface area contributed by atoms with E-state index in [9.17, 15) is 5.11 Å². The number of aliphatic hydroxyl groups excluding tert-OH is 1. The maximum absolute atomic E-state index is 9.56. The molecule has 2 N–H and O–H groups in total. The molecule has 0 bridgehead atoms. The van der Waals surface area contributed by atoms with Crippen LogP contribution in [0.5, 0.6) is 0 Å². The molecule has 0 amide bonds. The van der Waals surface area contributed by atoms with Gasteiger partial charge >= 0.3 is 0 Å². The van der Waals surface area contributed by atoms with Crippen LogP contribution in [0.25, 0.3) is 0 Å². The molecule has 0 radical (unpaired) electrons. The first-order chi connectivity index (χ1) is 9.80. The SMILES string of the molecule is CCCNC(C)(CO)CCSc1ccc(C(C)(C)C)cc1. The average molecular weight is 310 g/mol. The molecule has 3 heteroatoms. The third-order valence-electron chi connectivity index (χ3n) is 3.79. The smallest absolute Gasteiger partial charge is 0.0610 e. The topological polar surface area (TPSA) is 32.3 Å². The van der Waals surface area contributed by atoms with Crippen molar-refractivity contribution in [3.63, 3.8) is 0 Å². The van der Waals surface area contributed by atoms with Crippen molar-refractivity contribution in [3.8, 4) is 0 Å². The van der Waals surface area contributed by atoms with Crippen molar-refractivity contribution in [2.75, 3.05) is 18.9 Å². The molecule has 0 aliphatic rings. The fourth-order valence-corrected chi connectivity index (χ4v) is 3.21. The summed E-state index contributed by atoms with van der Waals surface area (Å²) in [6, 6.07) is 8.87. The van der Waals surface area contributed by atoms with Crippen LogP contribution in [0.3, 0.4) is 0 Å². The van der Waals surface area contributed by atoms with Crippen molar-refractivity contribution < 1.29 is 5.11 Å². The van der Waals surface area contributed by atoms with Crippen LogP contribution in [-0.4, -0.2) is 29.5 Å². The molecule has 0 spiro atoms. The second kappa shape index (κ2) is 8.21. The number of hydrogen-bond donors (Lipinski definition) is 2. The zero-order valence-corrected chi connectivity index (χ0v) is 15.0. The quantitative estimate of drug-likeness (QED) is 0.705. The number of nitrogens with one attached hydrogen (secondary N) is 1. The molecule has 0 saturated carbocycles. The maximum atomic E-state index is 9.56. The number of rotatable bonds is 8. The van der Waals surface area contributed by atoms with Crippen molar-refractivity contribution in [3.05, 3.63) is 29.8 Å². The first-order valence-corrected chi connectivity index (χ1v) is 8.88. The molecule has 0 heterocycles. The molecule has 1 unspecified atom stereocenters. The largest absolute Gasteiger partial charge is 0.394 e. The fourth-order valence-electron chi connectivity index (χ4n) is 2.10. The maximum Gasteiger partial charge on any atom is 0.0610 e. The molecule has 1 atom stereocenters. The minimum Gasteiger partial charge on any atom is -0.394 e. The zero-order chi connectivity index (χ0) is 15.9. The van der Waals surface area contributed by atoms with Gasteiger partial charge in [0.25, 0.3) is 0 Å². The van der Waals surface area contributed by atoms with E-state index >= 15 is 0 Å². The predicted octanol–water partition coefficient (Wildman–Crippen LogP) is 4.22. The highest BCUT2D eigenvalue weighted by Crippen LogP contribution is 2.26. The first kappa shape index (κ1) is 18.5. The Morgan fingerprint density at radius 1 is 1.10 bits per heavy atom. The molecule has 120 valence electrons. The molecular weight excluding hydrogens is 278 g/mol. The lowest BCUT2D eigenvalue weighted by Gasteiger charge is -2.28. The lowest BCUT2D eigenvalue weighted by molar-refractivity contribution is 0.171. The second-order valence-electron chi connectivity index (χ2n) is 7.02. The highest BCUT2D eigenvalue weighted by Gasteiger charge is 2.21. The van der Waals surface area contributed by atoms with E-state index in [1.165, 1.54) is 10.5 Å². The van der Waals surface area contributed by atoms with E-state index in [1.807, 2.05) is 11.8 Å². The molecule has 21 heavy (non-hydrogen) atoms. The summed E-state index contributed by atoms with van der Waals surface area (Å²) in [4.78, 5) is 1.30. The summed E-state index contributed by atoms with van der Waals surface area (Å²) in [5.41, 5.74) is 1.42. The van der Waals surface area contributed by atoms with Gasteiger partial charge in [-0.25, -0.2) is 0 Å². The second-order valence-corrected chi connectivity index (χ2v) is 8.19. The Hall–Kier alpha value is -0.510. The van der Waals surface area contributed by atoms with E-state index in [0.717, 1.165) is 25.1 Å². The number of hydrogen-bond acceptors (Lipinski definition) is 3. The Kier molecular flexibility index (Phi) is 7.25. The summed E-state index contributed by atoms with van der Waals surface area (Å²) in [6.45, 7) is 12.1. The van der Waals surface area contributed by atoms with Gasteiger partial charge in [0, 0.05) is 10.4 Å². The number of thioether (sulfide) groups is 1. The van der Waals surface area contributed by atoms with E-state index in [1.54, 1.807) is 0 Å². The van der Waals surface area contributed by atoms with Crippen molar-refractivity contribution in [1.29, 1.82) is 0 Å². The Bertz CT molecular complexity index is 410. The van der Waals surface area contributed by atoms with Crippen LogP contribution in [0.15, 0.2) is 29.2 Å². The van der Waals surface area contributed by atoms with Crippen molar-refractivity contribution in [2.45, 2.75) is 63.3 Å². The molecule has 1 rings (SSSR count). The van der Waals surface area contributed by atoms with E-state index in [0.29, 0.717) is 0 Å². The molecule has 1 aromatic rings. The Morgan fingerprint density at radius 2 is 1.71 bits per heavy atom. The summed E-state index contributed by atoms with van der Waals surface area (Å²) in [5.74, 6) is 1.02. The highest BCUT2D eigenvalue weighted by molar-refractivity contribution is 7.99. The average Bonchev–Trinajstić information content (AvgIpc) is 2.45. The molecule has 0 aromatic heterocycles. The van der Waals surface area contributed by atoms with Gasteiger partial charge in [-0.1, -0.05) is 39.8 Å². The van der Waals surface area contributed by atoms with Gasteiger partial charge in [0.15, 0.2) is 0 Å². The molecule has 0 saturated heterocycles.